The molecule has 2 rings (SSSR count). The molecule has 20 heavy (non-hydrogen) atoms. The molecular weight excluding hydrogens is 254 g/mol. The Kier molecular flexibility index (Phi) is 5.15. The fraction of sp³-hybridized carbons (Fsp3) is 0.400. The van der Waals surface area contributed by atoms with Crippen LogP contribution in [-0.2, 0) is 31.5 Å². The molecule has 0 saturated heterocycles. The number of methoxy groups -OCH3 is 2. The van der Waals surface area contributed by atoms with Crippen LogP contribution in [-0.4, -0.2) is 24.0 Å². The van der Waals surface area contributed by atoms with Crippen molar-refractivity contribution in [2.75, 3.05) is 14.2 Å². The van der Waals surface area contributed by atoms with Crippen LogP contribution in [0.5, 0.6) is 5.75 Å². The summed E-state index contributed by atoms with van der Waals surface area (Å²) in [6.45, 7) is 2.10. The van der Waals surface area contributed by atoms with Crippen LogP contribution in [0.1, 0.15) is 16.8 Å². The molecule has 0 spiro atoms. The first-order valence-electron chi connectivity index (χ1n) is 6.57. The number of benzene rings is 1. The van der Waals surface area contributed by atoms with Crippen LogP contribution < -0.4 is 10.1 Å². The maximum Gasteiger partial charge on any atom is 0.124 e. The van der Waals surface area contributed by atoms with Gasteiger partial charge in [-0.1, -0.05) is 6.07 Å². The van der Waals surface area contributed by atoms with E-state index in [1.807, 2.05) is 25.4 Å². The van der Waals surface area contributed by atoms with E-state index >= 15 is 0 Å². The van der Waals surface area contributed by atoms with Crippen molar-refractivity contribution in [3.63, 3.8) is 0 Å². The second kappa shape index (κ2) is 7.07. The predicted octanol–water partition coefficient (Wildman–Crippen LogP) is 1.86. The van der Waals surface area contributed by atoms with E-state index in [1.54, 1.807) is 18.9 Å². The molecule has 1 aromatic heterocycles. The Morgan fingerprint density at radius 2 is 2.05 bits per heavy atom. The summed E-state index contributed by atoms with van der Waals surface area (Å²) in [5.74, 6) is 0.861. The SMILES string of the molecule is COCc1cc(CNCc2ccn(C)n2)ccc1OC. The second-order valence-electron chi connectivity index (χ2n) is 4.66. The summed E-state index contributed by atoms with van der Waals surface area (Å²) in [6, 6.07) is 8.15. The van der Waals surface area contributed by atoms with Gasteiger partial charge in [0.05, 0.1) is 19.4 Å². The Morgan fingerprint density at radius 3 is 2.70 bits per heavy atom. The smallest absolute Gasteiger partial charge is 0.124 e. The van der Waals surface area contributed by atoms with Crippen molar-refractivity contribution in [2.45, 2.75) is 19.7 Å². The molecule has 0 fully saturated rings. The molecular formula is C15H21N3O2. The number of hydrogen-bond donors (Lipinski definition) is 1. The Labute approximate surface area is 119 Å². The van der Waals surface area contributed by atoms with E-state index in [0.717, 1.165) is 30.1 Å². The quantitative estimate of drug-likeness (QED) is 0.838. The van der Waals surface area contributed by atoms with E-state index in [-0.39, 0.29) is 0 Å². The zero-order chi connectivity index (χ0) is 14.4. The molecule has 0 radical (unpaired) electrons. The molecule has 5 heteroatoms. The number of nitrogens with zero attached hydrogens (tertiary/aromatic N) is 2. The van der Waals surface area contributed by atoms with Crippen molar-refractivity contribution >= 4 is 0 Å². The molecule has 0 bridgehead atoms. The minimum absolute atomic E-state index is 0.553. The van der Waals surface area contributed by atoms with Gasteiger partial charge in [-0.15, -0.1) is 0 Å². The number of ether oxygens (including phenoxy) is 2. The third kappa shape index (κ3) is 3.82. The summed E-state index contributed by atoms with van der Waals surface area (Å²) in [4.78, 5) is 0. The van der Waals surface area contributed by atoms with E-state index in [1.165, 1.54) is 5.56 Å². The van der Waals surface area contributed by atoms with Gasteiger partial charge in [-0.25, -0.2) is 0 Å². The largest absolute Gasteiger partial charge is 0.496 e. The van der Waals surface area contributed by atoms with Gasteiger partial charge in [0.2, 0.25) is 0 Å². The monoisotopic (exact) mass is 275 g/mol. The van der Waals surface area contributed by atoms with Crippen molar-refractivity contribution < 1.29 is 9.47 Å². The molecule has 0 aliphatic heterocycles. The molecule has 0 aliphatic rings. The molecule has 1 aromatic carbocycles. The standard InChI is InChI=1S/C15H21N3O2/c1-18-7-6-14(17-18)10-16-9-12-4-5-15(20-3)13(8-12)11-19-2/h4-8,16H,9-11H2,1-3H3. The van der Waals surface area contributed by atoms with E-state index in [4.69, 9.17) is 9.47 Å². The van der Waals surface area contributed by atoms with Crippen molar-refractivity contribution in [3.05, 3.63) is 47.3 Å². The number of aromatic nitrogens is 2. The first kappa shape index (κ1) is 14.6. The van der Waals surface area contributed by atoms with Gasteiger partial charge in [-0.05, 0) is 23.8 Å². The highest BCUT2D eigenvalue weighted by Gasteiger charge is 2.04. The highest BCUT2D eigenvalue weighted by atomic mass is 16.5. The van der Waals surface area contributed by atoms with Gasteiger partial charge in [0, 0.05) is 39.0 Å². The van der Waals surface area contributed by atoms with Crippen LogP contribution in [0.2, 0.25) is 0 Å². The minimum atomic E-state index is 0.553. The average Bonchev–Trinajstić information content (AvgIpc) is 2.85. The lowest BCUT2D eigenvalue weighted by molar-refractivity contribution is 0.181. The van der Waals surface area contributed by atoms with Crippen molar-refractivity contribution in [2.24, 2.45) is 7.05 Å². The van der Waals surface area contributed by atoms with Crippen molar-refractivity contribution in [3.8, 4) is 5.75 Å². The molecule has 108 valence electrons. The van der Waals surface area contributed by atoms with Crippen molar-refractivity contribution in [1.82, 2.24) is 15.1 Å². The minimum Gasteiger partial charge on any atom is -0.496 e. The van der Waals surface area contributed by atoms with Gasteiger partial charge in [-0.3, -0.25) is 4.68 Å². The maximum atomic E-state index is 5.32. The van der Waals surface area contributed by atoms with E-state index in [9.17, 15) is 0 Å². The number of rotatable bonds is 7. The molecule has 1 heterocycles. The Bertz CT molecular complexity index is 552. The third-order valence-corrected chi connectivity index (χ3v) is 3.05. The fourth-order valence-corrected chi connectivity index (χ4v) is 2.10. The van der Waals surface area contributed by atoms with Crippen LogP contribution in [0.4, 0.5) is 0 Å². The van der Waals surface area contributed by atoms with Gasteiger partial charge in [0.15, 0.2) is 0 Å². The zero-order valence-electron chi connectivity index (χ0n) is 12.2. The summed E-state index contributed by atoms with van der Waals surface area (Å²) in [5, 5.41) is 7.71. The highest BCUT2D eigenvalue weighted by Crippen LogP contribution is 2.20. The summed E-state index contributed by atoms with van der Waals surface area (Å²) in [7, 11) is 5.28. The lowest BCUT2D eigenvalue weighted by Crippen LogP contribution is -2.13. The summed E-state index contributed by atoms with van der Waals surface area (Å²) in [6.07, 6.45) is 1.95. The highest BCUT2D eigenvalue weighted by molar-refractivity contribution is 5.36. The first-order chi connectivity index (χ1) is 9.72. The van der Waals surface area contributed by atoms with Gasteiger partial charge in [-0.2, -0.15) is 5.10 Å². The number of hydrogen-bond acceptors (Lipinski definition) is 4. The van der Waals surface area contributed by atoms with Gasteiger partial charge >= 0.3 is 0 Å². The van der Waals surface area contributed by atoms with Crippen LogP contribution in [0.25, 0.3) is 0 Å². The summed E-state index contributed by atoms with van der Waals surface area (Å²) in [5.41, 5.74) is 3.30. The lowest BCUT2D eigenvalue weighted by Gasteiger charge is -2.10. The maximum absolute atomic E-state index is 5.32. The van der Waals surface area contributed by atoms with Crippen LogP contribution in [0, 0.1) is 0 Å². The van der Waals surface area contributed by atoms with Gasteiger partial charge < -0.3 is 14.8 Å². The molecule has 5 nitrogen and oxygen atoms in total. The second-order valence-corrected chi connectivity index (χ2v) is 4.66. The van der Waals surface area contributed by atoms with Crippen LogP contribution in [0.15, 0.2) is 30.5 Å². The molecule has 0 aliphatic carbocycles. The Morgan fingerprint density at radius 1 is 1.20 bits per heavy atom. The first-order valence-corrected chi connectivity index (χ1v) is 6.57. The fourth-order valence-electron chi connectivity index (χ4n) is 2.10. The summed E-state index contributed by atoms with van der Waals surface area (Å²) >= 11 is 0. The van der Waals surface area contributed by atoms with Gasteiger partial charge in [0.25, 0.3) is 0 Å². The number of aryl methyl sites for hydroxylation is 1. The zero-order valence-corrected chi connectivity index (χ0v) is 12.2. The molecule has 0 unspecified atom stereocenters. The molecule has 0 amide bonds. The Balaban J connectivity index is 1.93. The molecule has 2 aromatic rings. The average molecular weight is 275 g/mol. The van der Waals surface area contributed by atoms with Crippen LogP contribution >= 0.6 is 0 Å². The lowest BCUT2D eigenvalue weighted by atomic mass is 10.1. The predicted molar refractivity (Wildman–Crippen MR) is 77.5 cm³/mol. The Hall–Kier alpha value is -1.85. The van der Waals surface area contributed by atoms with E-state index in [2.05, 4.69) is 22.5 Å². The summed E-state index contributed by atoms with van der Waals surface area (Å²) < 4.78 is 12.3. The normalized spacial score (nSPS) is 10.8. The molecule has 1 N–H and O–H groups in total. The van der Waals surface area contributed by atoms with Crippen LogP contribution in [0.3, 0.4) is 0 Å². The third-order valence-electron chi connectivity index (χ3n) is 3.05. The van der Waals surface area contributed by atoms with Crippen molar-refractivity contribution in [1.29, 1.82) is 0 Å². The topological polar surface area (TPSA) is 48.3 Å². The van der Waals surface area contributed by atoms with E-state index < -0.39 is 0 Å². The molecule has 0 atom stereocenters. The van der Waals surface area contributed by atoms with E-state index in [0.29, 0.717) is 6.61 Å². The number of nitrogens with one attached hydrogen (secondary N) is 1. The van der Waals surface area contributed by atoms with Gasteiger partial charge in [0.1, 0.15) is 5.75 Å². The molecule has 0 saturated carbocycles.